The number of aromatic nitrogens is 2. The molecule has 2 aromatic rings. The topological polar surface area (TPSA) is 66.0 Å². The summed E-state index contributed by atoms with van der Waals surface area (Å²) in [5, 5.41) is 9.77. The Kier molecular flexibility index (Phi) is 3.49. The van der Waals surface area contributed by atoms with Crippen molar-refractivity contribution in [2.24, 2.45) is 0 Å². The van der Waals surface area contributed by atoms with Gasteiger partial charge in [0, 0.05) is 4.88 Å². The van der Waals surface area contributed by atoms with Crippen molar-refractivity contribution in [1.29, 1.82) is 0 Å². The maximum absolute atomic E-state index is 11.8. The number of hydrogen-bond donors (Lipinski definition) is 2. The van der Waals surface area contributed by atoms with Crippen molar-refractivity contribution in [2.45, 2.75) is 39.5 Å². The fraction of sp³-hybridized carbons (Fsp3) is 0.429. The van der Waals surface area contributed by atoms with Gasteiger partial charge in [0.05, 0.1) is 10.4 Å². The minimum atomic E-state index is -0.268. The van der Waals surface area contributed by atoms with Crippen molar-refractivity contribution in [2.75, 3.05) is 0 Å². The SMILES string of the molecule is CCc1c(O)nc(-c2ccc(C(C)(C)C)s2)[nH]c1=O. The molecule has 0 amide bonds. The summed E-state index contributed by atoms with van der Waals surface area (Å²) < 4.78 is 0. The van der Waals surface area contributed by atoms with Gasteiger partial charge in [0.1, 0.15) is 0 Å². The summed E-state index contributed by atoms with van der Waals surface area (Å²) in [7, 11) is 0. The van der Waals surface area contributed by atoms with E-state index in [0.717, 1.165) is 4.88 Å². The van der Waals surface area contributed by atoms with Gasteiger partial charge in [-0.2, -0.15) is 4.98 Å². The number of nitrogens with one attached hydrogen (secondary N) is 1. The molecule has 2 heterocycles. The summed E-state index contributed by atoms with van der Waals surface area (Å²) in [4.78, 5) is 20.7. The Hall–Kier alpha value is -1.62. The molecule has 0 bridgehead atoms. The number of aromatic hydroxyl groups is 1. The van der Waals surface area contributed by atoms with Crippen molar-refractivity contribution in [3.8, 4) is 16.6 Å². The minimum absolute atomic E-state index is 0.0641. The quantitative estimate of drug-likeness (QED) is 0.887. The molecule has 2 rings (SSSR count). The van der Waals surface area contributed by atoms with E-state index in [2.05, 4.69) is 30.7 Å². The molecule has 0 aliphatic carbocycles. The molecule has 0 aromatic carbocycles. The highest BCUT2D eigenvalue weighted by atomic mass is 32.1. The van der Waals surface area contributed by atoms with Crippen LogP contribution in [0.15, 0.2) is 16.9 Å². The molecule has 0 saturated carbocycles. The maximum Gasteiger partial charge on any atom is 0.258 e. The van der Waals surface area contributed by atoms with E-state index in [0.29, 0.717) is 17.8 Å². The van der Waals surface area contributed by atoms with E-state index in [1.54, 1.807) is 11.3 Å². The second-order valence-electron chi connectivity index (χ2n) is 5.48. The van der Waals surface area contributed by atoms with Crippen LogP contribution in [0.5, 0.6) is 5.88 Å². The first-order valence-corrected chi connectivity index (χ1v) is 7.07. The maximum atomic E-state index is 11.8. The Morgan fingerprint density at radius 2 is 2.05 bits per heavy atom. The predicted octanol–water partition coefficient (Wildman–Crippen LogP) is 3.06. The zero-order valence-electron chi connectivity index (χ0n) is 11.6. The van der Waals surface area contributed by atoms with E-state index in [1.165, 1.54) is 4.88 Å². The molecule has 2 N–H and O–H groups in total. The number of H-pyrrole nitrogens is 1. The normalized spacial score (nSPS) is 11.8. The largest absolute Gasteiger partial charge is 0.493 e. The summed E-state index contributed by atoms with van der Waals surface area (Å²) in [6.07, 6.45) is 0.464. The monoisotopic (exact) mass is 278 g/mol. The van der Waals surface area contributed by atoms with Crippen molar-refractivity contribution in [1.82, 2.24) is 9.97 Å². The zero-order valence-corrected chi connectivity index (χ0v) is 12.4. The van der Waals surface area contributed by atoms with Crippen LogP contribution in [-0.4, -0.2) is 15.1 Å². The van der Waals surface area contributed by atoms with E-state index < -0.39 is 0 Å². The molecule has 102 valence electrons. The van der Waals surface area contributed by atoms with Gasteiger partial charge in [0.2, 0.25) is 5.88 Å². The Labute approximate surface area is 116 Å². The third-order valence-corrected chi connectivity index (χ3v) is 4.44. The average molecular weight is 278 g/mol. The third kappa shape index (κ3) is 2.71. The van der Waals surface area contributed by atoms with Crippen LogP contribution in [0.3, 0.4) is 0 Å². The molecule has 0 unspecified atom stereocenters. The highest BCUT2D eigenvalue weighted by molar-refractivity contribution is 7.15. The van der Waals surface area contributed by atoms with Crippen LogP contribution in [0, 0.1) is 0 Å². The molecule has 0 aliphatic rings. The van der Waals surface area contributed by atoms with Crippen LogP contribution in [0.25, 0.3) is 10.7 Å². The molecule has 0 atom stereocenters. The van der Waals surface area contributed by atoms with Gasteiger partial charge in [-0.3, -0.25) is 4.79 Å². The minimum Gasteiger partial charge on any atom is -0.493 e. The Bertz CT molecular complexity index is 650. The Morgan fingerprint density at radius 3 is 2.53 bits per heavy atom. The Balaban J connectivity index is 2.49. The predicted molar refractivity (Wildman–Crippen MR) is 77.9 cm³/mol. The zero-order chi connectivity index (χ0) is 14.2. The van der Waals surface area contributed by atoms with Crippen LogP contribution in [-0.2, 0) is 11.8 Å². The Morgan fingerprint density at radius 1 is 1.37 bits per heavy atom. The number of aromatic amines is 1. The summed E-state index contributed by atoms with van der Waals surface area (Å²) in [6, 6.07) is 3.96. The lowest BCUT2D eigenvalue weighted by Gasteiger charge is -2.15. The van der Waals surface area contributed by atoms with Crippen molar-refractivity contribution >= 4 is 11.3 Å². The highest BCUT2D eigenvalue weighted by Crippen LogP contribution is 2.33. The number of thiophene rings is 1. The van der Waals surface area contributed by atoms with E-state index in [1.807, 2.05) is 19.1 Å². The second-order valence-corrected chi connectivity index (χ2v) is 6.57. The summed E-state index contributed by atoms with van der Waals surface area (Å²) in [5.41, 5.74) is 0.126. The molecule has 0 aliphatic heterocycles. The third-order valence-electron chi connectivity index (χ3n) is 2.93. The molecule has 0 spiro atoms. The molecule has 0 saturated heterocycles. The van der Waals surface area contributed by atoms with Gasteiger partial charge in [-0.15, -0.1) is 11.3 Å². The van der Waals surface area contributed by atoms with Crippen molar-refractivity contribution in [3.63, 3.8) is 0 Å². The first-order valence-electron chi connectivity index (χ1n) is 6.25. The summed E-state index contributed by atoms with van der Waals surface area (Å²) >= 11 is 1.58. The molecule has 4 nitrogen and oxygen atoms in total. The van der Waals surface area contributed by atoms with Crippen molar-refractivity contribution in [3.05, 3.63) is 32.9 Å². The van der Waals surface area contributed by atoms with E-state index in [-0.39, 0.29) is 16.9 Å². The molecule has 0 radical (unpaired) electrons. The lowest BCUT2D eigenvalue weighted by Crippen LogP contribution is -2.14. The number of rotatable bonds is 2. The van der Waals surface area contributed by atoms with Crippen LogP contribution >= 0.6 is 11.3 Å². The van der Waals surface area contributed by atoms with Gasteiger partial charge in [-0.25, -0.2) is 0 Å². The lowest BCUT2D eigenvalue weighted by molar-refractivity contribution is 0.444. The van der Waals surface area contributed by atoms with Crippen LogP contribution in [0.2, 0.25) is 0 Å². The summed E-state index contributed by atoms with van der Waals surface area (Å²) in [6.45, 7) is 8.22. The first-order chi connectivity index (χ1) is 8.82. The van der Waals surface area contributed by atoms with Crippen LogP contribution in [0.4, 0.5) is 0 Å². The molecule has 5 heteroatoms. The number of nitrogens with zero attached hydrogens (tertiary/aromatic N) is 1. The van der Waals surface area contributed by atoms with Gasteiger partial charge in [-0.05, 0) is 24.0 Å². The van der Waals surface area contributed by atoms with Gasteiger partial charge in [-0.1, -0.05) is 27.7 Å². The second kappa shape index (κ2) is 4.81. The fourth-order valence-electron chi connectivity index (χ4n) is 1.79. The molecule has 19 heavy (non-hydrogen) atoms. The van der Waals surface area contributed by atoms with Gasteiger partial charge in [0.15, 0.2) is 5.82 Å². The smallest absolute Gasteiger partial charge is 0.258 e. The van der Waals surface area contributed by atoms with E-state index in [9.17, 15) is 9.90 Å². The molecule has 2 aromatic heterocycles. The van der Waals surface area contributed by atoms with Gasteiger partial charge >= 0.3 is 0 Å². The first kappa shape index (κ1) is 13.8. The average Bonchev–Trinajstić information content (AvgIpc) is 2.77. The van der Waals surface area contributed by atoms with E-state index in [4.69, 9.17) is 0 Å². The molecular formula is C14H18N2O2S. The molecular weight excluding hydrogens is 260 g/mol. The van der Waals surface area contributed by atoms with Crippen molar-refractivity contribution < 1.29 is 5.11 Å². The fourth-order valence-corrected chi connectivity index (χ4v) is 2.80. The van der Waals surface area contributed by atoms with Gasteiger partial charge < -0.3 is 10.1 Å². The molecule has 0 fully saturated rings. The summed E-state index contributed by atoms with van der Waals surface area (Å²) in [5.74, 6) is 0.257. The van der Waals surface area contributed by atoms with Crippen LogP contribution in [0.1, 0.15) is 38.1 Å². The number of hydrogen-bond acceptors (Lipinski definition) is 4. The van der Waals surface area contributed by atoms with E-state index >= 15 is 0 Å². The standard InChI is InChI=1S/C14H18N2O2S/c1-5-8-12(17)15-11(16-13(8)18)9-6-7-10(19-9)14(2,3)4/h6-7H,5H2,1-4H3,(H2,15,16,17,18). The van der Waals surface area contributed by atoms with Crippen LogP contribution < -0.4 is 5.56 Å². The van der Waals surface area contributed by atoms with Gasteiger partial charge in [0.25, 0.3) is 5.56 Å². The highest BCUT2D eigenvalue weighted by Gasteiger charge is 2.18. The lowest BCUT2D eigenvalue weighted by atomic mass is 9.95.